The molecule has 6 nitrogen and oxygen atoms in total. The van der Waals surface area contributed by atoms with Crippen molar-refractivity contribution in [2.75, 3.05) is 21.1 Å². The molecule has 1 fully saturated rings. The van der Waals surface area contributed by atoms with Crippen molar-refractivity contribution in [1.82, 2.24) is 9.21 Å². The second-order valence-electron chi connectivity index (χ2n) is 5.41. The fourth-order valence-corrected chi connectivity index (χ4v) is 3.12. The van der Waals surface area contributed by atoms with E-state index in [4.69, 9.17) is 5.73 Å². The van der Waals surface area contributed by atoms with E-state index in [2.05, 4.69) is 4.99 Å². The summed E-state index contributed by atoms with van der Waals surface area (Å²) in [5, 5.41) is 0. The summed E-state index contributed by atoms with van der Waals surface area (Å²) < 4.78 is 25.8. The van der Waals surface area contributed by atoms with Crippen LogP contribution in [0.4, 0.5) is 0 Å². The maximum absolute atomic E-state index is 12.3. The number of benzene rings is 1. The van der Waals surface area contributed by atoms with Gasteiger partial charge in [-0.25, -0.2) is 17.7 Å². The van der Waals surface area contributed by atoms with Gasteiger partial charge in [0.2, 0.25) is 10.0 Å². The van der Waals surface area contributed by atoms with Crippen LogP contribution in [0.3, 0.4) is 0 Å². The molecule has 1 saturated carbocycles. The van der Waals surface area contributed by atoms with Gasteiger partial charge < -0.3 is 10.6 Å². The topological polar surface area (TPSA) is 79.0 Å². The Kier molecular flexibility index (Phi) is 6.63. The Morgan fingerprint density at radius 1 is 1.27 bits per heavy atom. The summed E-state index contributed by atoms with van der Waals surface area (Å²) in [7, 11) is 1.48. The molecule has 2 N–H and O–H groups in total. The number of halogens is 1. The average Bonchev–Trinajstić information content (AvgIpc) is 3.28. The highest BCUT2D eigenvalue weighted by molar-refractivity contribution is 14.0. The molecule has 0 unspecified atom stereocenters. The van der Waals surface area contributed by atoms with Crippen molar-refractivity contribution in [2.24, 2.45) is 10.7 Å². The number of nitrogens with two attached hydrogens (primary N) is 1. The predicted octanol–water partition coefficient (Wildman–Crippen LogP) is 1.46. The lowest BCUT2D eigenvalue weighted by Crippen LogP contribution is -2.35. The molecule has 124 valence electrons. The van der Waals surface area contributed by atoms with Crippen LogP contribution in [-0.4, -0.2) is 50.8 Å². The van der Waals surface area contributed by atoms with Crippen molar-refractivity contribution in [2.45, 2.75) is 30.3 Å². The third kappa shape index (κ3) is 4.32. The molecule has 0 bridgehead atoms. The number of rotatable bonds is 5. The van der Waals surface area contributed by atoms with E-state index in [0.29, 0.717) is 17.6 Å². The van der Waals surface area contributed by atoms with Gasteiger partial charge in [-0.05, 0) is 24.5 Å². The third-order valence-electron chi connectivity index (χ3n) is 3.60. The second kappa shape index (κ2) is 7.60. The normalized spacial score (nSPS) is 15.5. The Morgan fingerprint density at radius 3 is 2.41 bits per heavy atom. The number of guanidine groups is 1. The monoisotopic (exact) mass is 438 g/mol. The molecule has 1 aromatic carbocycles. The lowest BCUT2D eigenvalue weighted by atomic mass is 10.2. The minimum Gasteiger partial charge on any atom is -0.370 e. The van der Waals surface area contributed by atoms with Crippen molar-refractivity contribution in [3.8, 4) is 0 Å². The van der Waals surface area contributed by atoms with Crippen molar-refractivity contribution in [3.05, 3.63) is 29.8 Å². The lowest BCUT2D eigenvalue weighted by Gasteiger charge is -2.18. The maximum Gasteiger partial charge on any atom is 0.242 e. The molecule has 0 amide bonds. The molecule has 0 aliphatic heterocycles. The SMILES string of the molecule is CN(C(N)=NCc1ccccc1S(=O)(=O)N(C)C)C1CC1.I. The first-order valence-corrected chi connectivity index (χ1v) is 8.31. The molecule has 0 saturated heterocycles. The van der Waals surface area contributed by atoms with Gasteiger partial charge in [0, 0.05) is 27.2 Å². The van der Waals surface area contributed by atoms with Gasteiger partial charge in [0.25, 0.3) is 0 Å². The Balaban J connectivity index is 0.00000242. The molecule has 1 aliphatic rings. The van der Waals surface area contributed by atoms with Gasteiger partial charge in [0.05, 0.1) is 11.4 Å². The van der Waals surface area contributed by atoms with Crippen LogP contribution in [0.2, 0.25) is 0 Å². The fourth-order valence-electron chi connectivity index (χ4n) is 2.01. The van der Waals surface area contributed by atoms with Gasteiger partial charge in [0.15, 0.2) is 5.96 Å². The Bertz CT molecular complexity index is 642. The summed E-state index contributed by atoms with van der Waals surface area (Å²) in [4.78, 5) is 6.55. The standard InChI is InChI=1S/C14H22N4O2S.HI/c1-17(2)21(19,20)13-7-5-4-6-11(13)10-16-14(15)18(3)12-8-9-12;/h4-7,12H,8-10H2,1-3H3,(H2,15,16);1H. The summed E-state index contributed by atoms with van der Waals surface area (Å²) >= 11 is 0. The van der Waals surface area contributed by atoms with Gasteiger partial charge in [-0.15, -0.1) is 24.0 Å². The van der Waals surface area contributed by atoms with Crippen LogP contribution in [0.1, 0.15) is 18.4 Å². The molecular weight excluding hydrogens is 415 g/mol. The first-order chi connectivity index (χ1) is 9.84. The van der Waals surface area contributed by atoms with Crippen molar-refractivity contribution < 1.29 is 8.42 Å². The second-order valence-corrected chi connectivity index (χ2v) is 7.53. The van der Waals surface area contributed by atoms with E-state index in [9.17, 15) is 8.42 Å². The number of hydrogen-bond acceptors (Lipinski definition) is 3. The molecule has 2 rings (SSSR count). The van der Waals surface area contributed by atoms with Crippen LogP contribution >= 0.6 is 24.0 Å². The van der Waals surface area contributed by atoms with E-state index in [1.807, 2.05) is 11.9 Å². The molecule has 1 aliphatic carbocycles. The van der Waals surface area contributed by atoms with E-state index in [0.717, 1.165) is 12.8 Å². The van der Waals surface area contributed by atoms with E-state index >= 15 is 0 Å². The van der Waals surface area contributed by atoms with Crippen LogP contribution in [0.15, 0.2) is 34.2 Å². The highest BCUT2D eigenvalue weighted by Crippen LogP contribution is 2.25. The van der Waals surface area contributed by atoms with Gasteiger partial charge in [-0.3, -0.25) is 0 Å². The first-order valence-electron chi connectivity index (χ1n) is 6.87. The summed E-state index contributed by atoms with van der Waals surface area (Å²) in [6, 6.07) is 7.36. The van der Waals surface area contributed by atoms with E-state index in [1.54, 1.807) is 24.3 Å². The summed E-state index contributed by atoms with van der Waals surface area (Å²) in [5.41, 5.74) is 6.59. The first kappa shape index (κ1) is 19.2. The molecule has 0 atom stereocenters. The molecule has 0 heterocycles. The Morgan fingerprint density at radius 2 is 1.86 bits per heavy atom. The zero-order valence-electron chi connectivity index (χ0n) is 13.1. The molecule has 0 spiro atoms. The summed E-state index contributed by atoms with van der Waals surface area (Å²) in [6.07, 6.45) is 2.27. The van der Waals surface area contributed by atoms with Crippen LogP contribution in [0, 0.1) is 0 Å². The number of sulfonamides is 1. The zero-order valence-corrected chi connectivity index (χ0v) is 16.2. The predicted molar refractivity (Wildman–Crippen MR) is 98.8 cm³/mol. The molecule has 22 heavy (non-hydrogen) atoms. The van der Waals surface area contributed by atoms with Crippen molar-refractivity contribution >= 4 is 40.0 Å². The van der Waals surface area contributed by atoms with E-state index in [-0.39, 0.29) is 35.4 Å². The Hall–Kier alpha value is -0.870. The maximum atomic E-state index is 12.3. The smallest absolute Gasteiger partial charge is 0.242 e. The van der Waals surface area contributed by atoms with Gasteiger partial charge >= 0.3 is 0 Å². The highest BCUT2D eigenvalue weighted by Gasteiger charge is 2.27. The quantitative estimate of drug-likeness (QED) is 0.429. The van der Waals surface area contributed by atoms with Crippen molar-refractivity contribution in [3.63, 3.8) is 0 Å². The average molecular weight is 438 g/mol. The van der Waals surface area contributed by atoms with Gasteiger partial charge in [-0.2, -0.15) is 0 Å². The number of hydrogen-bond donors (Lipinski definition) is 1. The molecule has 0 aromatic heterocycles. The summed E-state index contributed by atoms with van der Waals surface area (Å²) in [5.74, 6) is 0.453. The van der Waals surface area contributed by atoms with Crippen LogP contribution in [0.5, 0.6) is 0 Å². The van der Waals surface area contributed by atoms with Crippen LogP contribution in [0.25, 0.3) is 0 Å². The molecule has 0 radical (unpaired) electrons. The van der Waals surface area contributed by atoms with Crippen LogP contribution < -0.4 is 5.73 Å². The zero-order chi connectivity index (χ0) is 15.6. The third-order valence-corrected chi connectivity index (χ3v) is 5.51. The van der Waals surface area contributed by atoms with Crippen LogP contribution in [-0.2, 0) is 16.6 Å². The van der Waals surface area contributed by atoms with Crippen molar-refractivity contribution in [1.29, 1.82) is 0 Å². The van der Waals surface area contributed by atoms with E-state index < -0.39 is 10.0 Å². The molecule has 8 heteroatoms. The highest BCUT2D eigenvalue weighted by atomic mass is 127. The van der Waals surface area contributed by atoms with E-state index in [1.165, 1.54) is 18.4 Å². The minimum absolute atomic E-state index is 0. The largest absolute Gasteiger partial charge is 0.370 e. The number of aliphatic imine (C=N–C) groups is 1. The Labute approximate surface area is 149 Å². The minimum atomic E-state index is -3.47. The molecule has 1 aromatic rings. The molecular formula is C14H23IN4O2S. The lowest BCUT2D eigenvalue weighted by molar-refractivity contribution is 0.487. The summed E-state index contributed by atoms with van der Waals surface area (Å²) in [6.45, 7) is 0.256. The van der Waals surface area contributed by atoms with Gasteiger partial charge in [0.1, 0.15) is 0 Å². The fraction of sp³-hybridized carbons (Fsp3) is 0.500. The van der Waals surface area contributed by atoms with Gasteiger partial charge in [-0.1, -0.05) is 18.2 Å². The number of nitrogens with zero attached hydrogens (tertiary/aromatic N) is 3.